The summed E-state index contributed by atoms with van der Waals surface area (Å²) in [6.45, 7) is 10.3. The highest BCUT2D eigenvalue weighted by Crippen LogP contribution is 2.28. The van der Waals surface area contributed by atoms with Crippen LogP contribution < -0.4 is 16.0 Å². The molecule has 3 aromatic heterocycles. The number of carbonyl (C=O) groups is 2. The molecular weight excluding hydrogens is 408 g/mol. The Bertz CT molecular complexity index is 1130. The highest BCUT2D eigenvalue weighted by atomic mass is 16.5. The molecule has 0 spiro atoms. The number of nitrogens with zero attached hydrogens (tertiary/aromatic N) is 3. The molecule has 1 aliphatic heterocycles. The Labute approximate surface area is 186 Å². The predicted molar refractivity (Wildman–Crippen MR) is 119 cm³/mol. The molecule has 1 aliphatic rings. The van der Waals surface area contributed by atoms with Crippen LogP contribution in [0.3, 0.4) is 0 Å². The van der Waals surface area contributed by atoms with E-state index in [1.807, 2.05) is 18.2 Å². The van der Waals surface area contributed by atoms with E-state index in [2.05, 4.69) is 53.9 Å². The van der Waals surface area contributed by atoms with E-state index < -0.39 is 6.04 Å². The van der Waals surface area contributed by atoms with Gasteiger partial charge in [0.05, 0.1) is 23.3 Å². The lowest BCUT2D eigenvalue weighted by molar-refractivity contribution is 0.0835. The summed E-state index contributed by atoms with van der Waals surface area (Å²) in [5.74, 6) is -0.443. The van der Waals surface area contributed by atoms with Gasteiger partial charge in [0.2, 0.25) is 5.76 Å². The van der Waals surface area contributed by atoms with Crippen LogP contribution in [-0.4, -0.2) is 43.7 Å². The molecule has 170 valence electrons. The average Bonchev–Trinajstić information content (AvgIpc) is 3.33. The zero-order valence-corrected chi connectivity index (χ0v) is 19.1. The molecule has 0 bridgehead atoms. The van der Waals surface area contributed by atoms with Gasteiger partial charge in [-0.15, -0.1) is 0 Å². The summed E-state index contributed by atoms with van der Waals surface area (Å²) < 4.78 is 6.93. The number of pyridine rings is 1. The van der Waals surface area contributed by atoms with E-state index in [1.165, 1.54) is 6.20 Å². The van der Waals surface area contributed by atoms with E-state index in [9.17, 15) is 9.59 Å². The molecule has 9 nitrogen and oxygen atoms in total. The summed E-state index contributed by atoms with van der Waals surface area (Å²) in [5.41, 5.74) is 1.50. The van der Waals surface area contributed by atoms with Crippen molar-refractivity contribution in [3.05, 3.63) is 53.7 Å². The molecular formula is C23H30N6O3. The molecule has 4 rings (SSSR count). The first-order chi connectivity index (χ1) is 15.0. The molecule has 4 heterocycles. The summed E-state index contributed by atoms with van der Waals surface area (Å²) in [7, 11) is 0. The molecule has 3 N–H and O–H groups in total. The third-order valence-corrected chi connectivity index (χ3v) is 5.74. The van der Waals surface area contributed by atoms with Gasteiger partial charge < -0.3 is 20.5 Å². The molecule has 1 fully saturated rings. The average molecular weight is 439 g/mol. The van der Waals surface area contributed by atoms with Crippen LogP contribution in [0.1, 0.15) is 80.1 Å². The largest absolute Gasteiger partial charge is 0.351 e. The van der Waals surface area contributed by atoms with Crippen molar-refractivity contribution in [2.75, 3.05) is 0 Å². The fourth-order valence-corrected chi connectivity index (χ4v) is 4.74. The Kier molecular flexibility index (Phi) is 5.54. The quantitative estimate of drug-likeness (QED) is 0.565. The minimum Gasteiger partial charge on any atom is -0.351 e. The van der Waals surface area contributed by atoms with Crippen LogP contribution in [0.25, 0.3) is 5.52 Å². The second-order valence-corrected chi connectivity index (χ2v) is 9.87. The SMILES string of the molecule is C[C@@H](NC(=O)c1cnn2ccccc12)c1cc(C(=O)NC2CC(C)(C)NC(C)(C)C2)on1. The van der Waals surface area contributed by atoms with E-state index >= 15 is 0 Å². The standard InChI is InChI=1S/C23H30N6O3/c1-14(25-20(30)16-13-24-29-9-7-6-8-18(16)29)17-10-19(32-27-17)21(31)26-15-11-22(2,3)28-23(4,5)12-15/h6-10,13-15,28H,11-12H2,1-5H3,(H,25,30)(H,26,31)/t14-/m1/s1. The van der Waals surface area contributed by atoms with Crippen LogP contribution in [-0.2, 0) is 0 Å². The summed E-state index contributed by atoms with van der Waals surface area (Å²) >= 11 is 0. The number of nitrogens with one attached hydrogen (secondary N) is 3. The maximum absolute atomic E-state index is 12.8. The van der Waals surface area contributed by atoms with Gasteiger partial charge in [0, 0.05) is 29.4 Å². The van der Waals surface area contributed by atoms with Crippen LogP contribution in [0.2, 0.25) is 0 Å². The Morgan fingerprint density at radius 2 is 1.91 bits per heavy atom. The number of carbonyl (C=O) groups excluding carboxylic acids is 2. The fraction of sp³-hybridized carbons (Fsp3) is 0.478. The van der Waals surface area contributed by atoms with Crippen molar-refractivity contribution in [3.8, 4) is 0 Å². The van der Waals surface area contributed by atoms with Crippen LogP contribution >= 0.6 is 0 Å². The number of piperidine rings is 1. The summed E-state index contributed by atoms with van der Waals surface area (Å²) in [4.78, 5) is 25.5. The minimum absolute atomic E-state index is 0.0232. The zero-order valence-electron chi connectivity index (χ0n) is 19.1. The van der Waals surface area contributed by atoms with Gasteiger partial charge in [-0.2, -0.15) is 5.10 Å². The van der Waals surface area contributed by atoms with Crippen LogP contribution in [0, 0.1) is 0 Å². The van der Waals surface area contributed by atoms with E-state index in [0.717, 1.165) is 12.8 Å². The van der Waals surface area contributed by atoms with E-state index in [0.29, 0.717) is 16.8 Å². The number of hydrogen-bond donors (Lipinski definition) is 3. The molecule has 2 amide bonds. The van der Waals surface area contributed by atoms with Crippen molar-refractivity contribution in [1.82, 2.24) is 30.7 Å². The van der Waals surface area contributed by atoms with Crippen molar-refractivity contribution in [1.29, 1.82) is 0 Å². The van der Waals surface area contributed by atoms with Gasteiger partial charge in [0.25, 0.3) is 11.8 Å². The van der Waals surface area contributed by atoms with Gasteiger partial charge in [-0.05, 0) is 59.6 Å². The lowest BCUT2D eigenvalue weighted by atomic mass is 9.79. The lowest BCUT2D eigenvalue weighted by Crippen LogP contribution is -2.62. The van der Waals surface area contributed by atoms with Gasteiger partial charge in [-0.1, -0.05) is 11.2 Å². The summed E-state index contributed by atoms with van der Waals surface area (Å²) in [5, 5.41) is 17.8. The number of hydrogen-bond acceptors (Lipinski definition) is 6. The van der Waals surface area contributed by atoms with Crippen molar-refractivity contribution >= 4 is 17.3 Å². The van der Waals surface area contributed by atoms with Gasteiger partial charge in [-0.25, -0.2) is 4.52 Å². The van der Waals surface area contributed by atoms with Gasteiger partial charge >= 0.3 is 0 Å². The van der Waals surface area contributed by atoms with Crippen molar-refractivity contribution in [2.45, 2.75) is 70.6 Å². The second-order valence-electron chi connectivity index (χ2n) is 9.87. The molecule has 0 unspecified atom stereocenters. The summed E-state index contributed by atoms with van der Waals surface area (Å²) in [6.07, 6.45) is 4.94. The van der Waals surface area contributed by atoms with Crippen LogP contribution in [0.15, 0.2) is 41.2 Å². The fourth-order valence-electron chi connectivity index (χ4n) is 4.74. The topological polar surface area (TPSA) is 114 Å². The first-order valence-corrected chi connectivity index (χ1v) is 10.8. The molecule has 1 saturated heterocycles. The number of amides is 2. The third-order valence-electron chi connectivity index (χ3n) is 5.74. The number of fused-ring (bicyclic) bond motifs is 1. The highest BCUT2D eigenvalue weighted by molar-refractivity contribution is 6.00. The van der Waals surface area contributed by atoms with Crippen molar-refractivity contribution in [3.63, 3.8) is 0 Å². The Balaban J connectivity index is 1.40. The molecule has 0 saturated carbocycles. The van der Waals surface area contributed by atoms with E-state index in [4.69, 9.17) is 4.52 Å². The maximum atomic E-state index is 12.8. The smallest absolute Gasteiger partial charge is 0.290 e. The highest BCUT2D eigenvalue weighted by Gasteiger charge is 2.38. The third kappa shape index (κ3) is 4.67. The Morgan fingerprint density at radius 3 is 2.62 bits per heavy atom. The van der Waals surface area contributed by atoms with Gasteiger partial charge in [0.15, 0.2) is 0 Å². The Morgan fingerprint density at radius 1 is 1.19 bits per heavy atom. The van der Waals surface area contributed by atoms with Crippen molar-refractivity contribution < 1.29 is 14.1 Å². The monoisotopic (exact) mass is 438 g/mol. The van der Waals surface area contributed by atoms with E-state index in [1.54, 1.807) is 23.7 Å². The van der Waals surface area contributed by atoms with Crippen molar-refractivity contribution in [2.24, 2.45) is 0 Å². The Hall–Kier alpha value is -3.20. The minimum atomic E-state index is -0.441. The predicted octanol–water partition coefficient (Wildman–Crippen LogP) is 2.85. The molecule has 0 aromatic carbocycles. The lowest BCUT2D eigenvalue weighted by Gasteiger charge is -2.46. The van der Waals surface area contributed by atoms with Crippen LogP contribution in [0.5, 0.6) is 0 Å². The maximum Gasteiger partial charge on any atom is 0.290 e. The first-order valence-electron chi connectivity index (χ1n) is 10.8. The number of aromatic nitrogens is 3. The second kappa shape index (κ2) is 8.05. The number of rotatable bonds is 5. The zero-order chi connectivity index (χ0) is 23.1. The summed E-state index contributed by atoms with van der Waals surface area (Å²) in [6, 6.07) is 6.68. The molecule has 9 heteroatoms. The van der Waals surface area contributed by atoms with E-state index in [-0.39, 0.29) is 34.7 Å². The molecule has 0 radical (unpaired) electrons. The van der Waals surface area contributed by atoms with Crippen LogP contribution in [0.4, 0.5) is 0 Å². The normalized spacial score (nSPS) is 18.9. The molecule has 32 heavy (non-hydrogen) atoms. The first kappa shape index (κ1) is 22.0. The molecule has 1 atom stereocenters. The van der Waals surface area contributed by atoms with Gasteiger partial charge in [0.1, 0.15) is 5.69 Å². The van der Waals surface area contributed by atoms with Gasteiger partial charge in [-0.3, -0.25) is 9.59 Å². The molecule has 0 aliphatic carbocycles. The molecule has 3 aromatic rings.